The number of amides is 2. The molecule has 6 nitrogen and oxygen atoms in total. The molecule has 0 spiro atoms. The smallest absolute Gasteiger partial charge is 0.416 e. The van der Waals surface area contributed by atoms with Gasteiger partial charge < -0.3 is 4.74 Å². The van der Waals surface area contributed by atoms with Crippen LogP contribution in [-0.4, -0.2) is 33.5 Å². The lowest BCUT2D eigenvalue weighted by atomic mass is 10.0. The van der Waals surface area contributed by atoms with Crippen LogP contribution in [0.15, 0.2) is 24.3 Å². The molecule has 1 heterocycles. The third kappa shape index (κ3) is 2.58. The molecule has 0 aliphatic carbocycles. The molecule has 21 heavy (non-hydrogen) atoms. The van der Waals surface area contributed by atoms with Gasteiger partial charge in [-0.25, -0.2) is 4.79 Å². The Morgan fingerprint density at radius 1 is 1.24 bits per heavy atom. The predicted molar refractivity (Wildman–Crippen MR) is 77.2 cm³/mol. The molecule has 0 unspecified atom stereocenters. The second-order valence-corrected chi connectivity index (χ2v) is 6.44. The first kappa shape index (κ1) is 15.3. The predicted octanol–water partition coefficient (Wildman–Crippen LogP) is 3.01. The molecular weight excluding hydrogens is 272 g/mol. The van der Waals surface area contributed by atoms with Crippen LogP contribution in [0.4, 0.5) is 10.5 Å². The first-order valence-corrected chi connectivity index (χ1v) is 6.71. The van der Waals surface area contributed by atoms with Crippen LogP contribution in [0.1, 0.15) is 45.0 Å². The van der Waals surface area contributed by atoms with Crippen LogP contribution in [0.25, 0.3) is 0 Å². The third-order valence-corrected chi connectivity index (χ3v) is 3.21. The van der Waals surface area contributed by atoms with Crippen LogP contribution in [-0.2, 0) is 4.74 Å². The Hall–Kier alpha value is -2.08. The minimum Gasteiger partial charge on any atom is -0.443 e. The number of benzene rings is 1. The van der Waals surface area contributed by atoms with Gasteiger partial charge in [0.2, 0.25) is 0 Å². The molecule has 0 saturated heterocycles. The van der Waals surface area contributed by atoms with Crippen molar-refractivity contribution in [3.05, 3.63) is 29.8 Å². The van der Waals surface area contributed by atoms with Gasteiger partial charge in [0.1, 0.15) is 11.3 Å². The lowest BCUT2D eigenvalue weighted by Crippen LogP contribution is -2.63. The number of anilines is 1. The SMILES string of the molecule is CC(C)(C)OC(=O)N1c2ccccc2C(=O)N(O)C1(C)C. The minimum absolute atomic E-state index is 0.255. The van der Waals surface area contributed by atoms with Crippen molar-refractivity contribution in [3.63, 3.8) is 0 Å². The van der Waals surface area contributed by atoms with E-state index in [1.807, 2.05) is 0 Å². The monoisotopic (exact) mass is 292 g/mol. The Balaban J connectivity index is 2.54. The van der Waals surface area contributed by atoms with E-state index in [9.17, 15) is 14.8 Å². The number of carbonyl (C=O) groups excluding carboxylic acids is 2. The molecule has 2 rings (SSSR count). The lowest BCUT2D eigenvalue weighted by Gasteiger charge is -2.46. The maximum Gasteiger partial charge on any atom is 0.416 e. The van der Waals surface area contributed by atoms with Crippen molar-refractivity contribution in [2.45, 2.75) is 45.9 Å². The van der Waals surface area contributed by atoms with Gasteiger partial charge in [-0.05, 0) is 46.8 Å². The van der Waals surface area contributed by atoms with Gasteiger partial charge in [0, 0.05) is 0 Å². The van der Waals surface area contributed by atoms with Crippen molar-refractivity contribution in [1.29, 1.82) is 0 Å². The highest BCUT2D eigenvalue weighted by Gasteiger charge is 2.47. The lowest BCUT2D eigenvalue weighted by molar-refractivity contribution is -0.124. The quantitative estimate of drug-likeness (QED) is 0.746. The average molecular weight is 292 g/mol. The van der Waals surface area contributed by atoms with E-state index >= 15 is 0 Å². The maximum absolute atomic E-state index is 12.5. The number of hydroxylamine groups is 2. The van der Waals surface area contributed by atoms with Gasteiger partial charge in [0.15, 0.2) is 0 Å². The zero-order valence-electron chi connectivity index (χ0n) is 12.9. The summed E-state index contributed by atoms with van der Waals surface area (Å²) in [5.41, 5.74) is -1.24. The van der Waals surface area contributed by atoms with E-state index in [0.29, 0.717) is 10.8 Å². The van der Waals surface area contributed by atoms with E-state index < -0.39 is 23.3 Å². The standard InChI is InChI=1S/C15H20N2O4/c1-14(2,3)21-13(19)16-11-9-7-6-8-10(11)12(18)17(20)15(16,4)5/h6-9,20H,1-5H3. The summed E-state index contributed by atoms with van der Waals surface area (Å²) in [6.45, 7) is 8.43. The van der Waals surface area contributed by atoms with Gasteiger partial charge in [-0.1, -0.05) is 12.1 Å². The molecule has 1 aromatic rings. The summed E-state index contributed by atoms with van der Waals surface area (Å²) in [4.78, 5) is 26.0. The van der Waals surface area contributed by atoms with Crippen molar-refractivity contribution in [2.75, 3.05) is 4.90 Å². The Kier molecular flexibility index (Phi) is 3.45. The van der Waals surface area contributed by atoms with Crippen molar-refractivity contribution >= 4 is 17.7 Å². The Bertz CT molecular complexity index is 590. The number of carbonyl (C=O) groups is 2. The van der Waals surface area contributed by atoms with Gasteiger partial charge in [-0.2, -0.15) is 5.06 Å². The van der Waals surface area contributed by atoms with Gasteiger partial charge in [-0.3, -0.25) is 14.9 Å². The molecule has 0 saturated carbocycles. The maximum atomic E-state index is 12.5. The molecule has 2 amide bonds. The molecular formula is C15H20N2O4. The number of hydrogen-bond donors (Lipinski definition) is 1. The Morgan fingerprint density at radius 3 is 2.38 bits per heavy atom. The van der Waals surface area contributed by atoms with Gasteiger partial charge >= 0.3 is 6.09 Å². The molecule has 1 aromatic carbocycles. The Labute approximate surface area is 123 Å². The molecule has 6 heteroatoms. The number of fused-ring (bicyclic) bond motifs is 1. The molecule has 114 valence electrons. The topological polar surface area (TPSA) is 70.1 Å². The van der Waals surface area contributed by atoms with Gasteiger partial charge in [-0.15, -0.1) is 0 Å². The normalized spacial score (nSPS) is 17.5. The number of hydrogen-bond acceptors (Lipinski definition) is 4. The van der Waals surface area contributed by atoms with Gasteiger partial charge in [0.25, 0.3) is 5.91 Å². The summed E-state index contributed by atoms with van der Waals surface area (Å²) < 4.78 is 5.39. The molecule has 0 aromatic heterocycles. The van der Waals surface area contributed by atoms with E-state index in [2.05, 4.69) is 0 Å². The molecule has 1 aliphatic rings. The molecule has 1 N–H and O–H groups in total. The van der Waals surface area contributed by atoms with Crippen LogP contribution >= 0.6 is 0 Å². The number of ether oxygens (including phenoxy) is 1. The summed E-state index contributed by atoms with van der Waals surface area (Å²) >= 11 is 0. The minimum atomic E-state index is -1.24. The molecule has 0 radical (unpaired) electrons. The van der Waals surface area contributed by atoms with E-state index in [1.54, 1.807) is 58.9 Å². The second-order valence-electron chi connectivity index (χ2n) is 6.44. The van der Waals surface area contributed by atoms with Gasteiger partial charge in [0.05, 0.1) is 11.3 Å². The van der Waals surface area contributed by atoms with Crippen LogP contribution < -0.4 is 4.90 Å². The van der Waals surface area contributed by atoms with Crippen LogP contribution in [0.2, 0.25) is 0 Å². The first-order chi connectivity index (χ1) is 9.55. The van der Waals surface area contributed by atoms with Crippen molar-refractivity contribution in [1.82, 2.24) is 5.06 Å². The molecule has 1 aliphatic heterocycles. The van der Waals surface area contributed by atoms with E-state index in [1.165, 1.54) is 4.90 Å². The molecule has 0 fully saturated rings. The highest BCUT2D eigenvalue weighted by molar-refractivity contribution is 6.06. The Morgan fingerprint density at radius 2 is 1.81 bits per heavy atom. The summed E-state index contributed by atoms with van der Waals surface area (Å²) in [6, 6.07) is 6.63. The summed E-state index contributed by atoms with van der Waals surface area (Å²) in [6.07, 6.45) is -0.619. The first-order valence-electron chi connectivity index (χ1n) is 6.71. The fourth-order valence-electron chi connectivity index (χ4n) is 2.23. The van der Waals surface area contributed by atoms with Crippen molar-refractivity contribution in [3.8, 4) is 0 Å². The number of rotatable bonds is 0. The second kappa shape index (κ2) is 4.73. The van der Waals surface area contributed by atoms with Crippen molar-refractivity contribution in [2.24, 2.45) is 0 Å². The zero-order valence-corrected chi connectivity index (χ0v) is 12.9. The highest BCUT2D eigenvalue weighted by Crippen LogP contribution is 2.36. The largest absolute Gasteiger partial charge is 0.443 e. The highest BCUT2D eigenvalue weighted by atomic mass is 16.6. The molecule has 0 bridgehead atoms. The van der Waals surface area contributed by atoms with E-state index in [0.717, 1.165) is 0 Å². The van der Waals surface area contributed by atoms with Crippen LogP contribution in [0.3, 0.4) is 0 Å². The fraction of sp³-hybridized carbons (Fsp3) is 0.467. The van der Waals surface area contributed by atoms with E-state index in [-0.39, 0.29) is 5.56 Å². The average Bonchev–Trinajstić information content (AvgIpc) is 2.34. The van der Waals surface area contributed by atoms with Crippen LogP contribution in [0, 0.1) is 0 Å². The van der Waals surface area contributed by atoms with E-state index in [4.69, 9.17) is 4.74 Å². The summed E-state index contributed by atoms with van der Waals surface area (Å²) in [5.74, 6) is -0.546. The van der Waals surface area contributed by atoms with Crippen molar-refractivity contribution < 1.29 is 19.5 Å². The zero-order chi connectivity index (χ0) is 16.0. The third-order valence-electron chi connectivity index (χ3n) is 3.21. The summed E-state index contributed by atoms with van der Waals surface area (Å²) in [7, 11) is 0. The number of para-hydroxylation sites is 1. The number of nitrogens with zero attached hydrogens (tertiary/aromatic N) is 2. The summed E-state index contributed by atoms with van der Waals surface area (Å²) in [5, 5.41) is 10.7. The van der Waals surface area contributed by atoms with Crippen LogP contribution in [0.5, 0.6) is 0 Å². The molecule has 0 atom stereocenters. The fourth-order valence-corrected chi connectivity index (χ4v) is 2.23.